The molecule has 0 aromatic rings. The molecule has 2 atom stereocenters. The normalized spacial score (nSPS) is 15.6. The van der Waals surface area contributed by atoms with Crippen LogP contribution in [-0.2, 0) is 19.1 Å². The van der Waals surface area contributed by atoms with Crippen molar-refractivity contribution in [1.82, 2.24) is 4.90 Å². The van der Waals surface area contributed by atoms with E-state index in [0.29, 0.717) is 18.8 Å². The Morgan fingerprint density at radius 3 is 1.49 bits per heavy atom. The highest BCUT2D eigenvalue weighted by atomic mass is 16.6. The van der Waals surface area contributed by atoms with Crippen LogP contribution in [0.25, 0.3) is 0 Å². The Morgan fingerprint density at radius 1 is 0.549 bits per heavy atom. The highest BCUT2D eigenvalue weighted by Crippen LogP contribution is 2.38. The molecule has 1 rings (SSSR count). The second kappa shape index (κ2) is 35.9. The molecule has 0 saturated heterocycles. The van der Waals surface area contributed by atoms with Gasteiger partial charge < -0.3 is 19.5 Å². The maximum absolute atomic E-state index is 12.7. The summed E-state index contributed by atoms with van der Waals surface area (Å²) in [6, 6.07) is 0. The van der Waals surface area contributed by atoms with Gasteiger partial charge in [-0.05, 0) is 83.2 Å². The Kier molecular flexibility index (Phi) is 33.7. The number of hydrogen-bond acceptors (Lipinski definition) is 6. The Hall–Kier alpha value is -1.14. The van der Waals surface area contributed by atoms with E-state index in [0.717, 1.165) is 90.3 Å². The van der Waals surface area contributed by atoms with Gasteiger partial charge in [0.2, 0.25) is 0 Å². The number of carbonyl (C=O) groups excluding carboxylic acids is 2. The van der Waals surface area contributed by atoms with Gasteiger partial charge >= 0.3 is 11.9 Å². The maximum atomic E-state index is 12.7. The van der Waals surface area contributed by atoms with Gasteiger partial charge in [-0.3, -0.25) is 9.59 Å². The first kappa shape index (κ1) is 47.9. The van der Waals surface area contributed by atoms with E-state index in [1.165, 1.54) is 128 Å². The van der Waals surface area contributed by atoms with E-state index in [9.17, 15) is 14.7 Å². The molecule has 1 N–H and O–H groups in total. The van der Waals surface area contributed by atoms with Crippen LogP contribution < -0.4 is 0 Å². The monoisotopic (exact) mass is 722 g/mol. The summed E-state index contributed by atoms with van der Waals surface area (Å²) in [7, 11) is 0. The summed E-state index contributed by atoms with van der Waals surface area (Å²) in [6.07, 6.45) is 38.8. The SMILES string of the molecule is CCCCCCCCC(CCCCCCCC)OC(=O)CCCCCCCN(CCO)CCCCCCCC(=O)OC1CC1CCCCCCC. The predicted octanol–water partition coefficient (Wildman–Crippen LogP) is 12.7. The third kappa shape index (κ3) is 31.0. The second-order valence-electron chi connectivity index (χ2n) is 16.1. The fourth-order valence-corrected chi connectivity index (χ4v) is 7.46. The van der Waals surface area contributed by atoms with Crippen LogP contribution in [0.5, 0.6) is 0 Å². The van der Waals surface area contributed by atoms with Gasteiger partial charge in [-0.15, -0.1) is 0 Å². The van der Waals surface area contributed by atoms with E-state index >= 15 is 0 Å². The summed E-state index contributed by atoms with van der Waals surface area (Å²) < 4.78 is 11.7. The first-order valence-electron chi connectivity index (χ1n) is 22.8. The molecule has 1 aliphatic carbocycles. The number of rotatable bonds is 40. The van der Waals surface area contributed by atoms with Crippen LogP contribution in [0, 0.1) is 5.92 Å². The minimum Gasteiger partial charge on any atom is -0.462 e. The van der Waals surface area contributed by atoms with Gasteiger partial charge in [0.05, 0.1) is 6.61 Å². The van der Waals surface area contributed by atoms with Crippen molar-refractivity contribution in [2.75, 3.05) is 26.2 Å². The zero-order valence-electron chi connectivity index (χ0n) is 34.4. The van der Waals surface area contributed by atoms with Crippen molar-refractivity contribution in [3.05, 3.63) is 0 Å². The molecule has 2 unspecified atom stereocenters. The number of hydrogen-bond donors (Lipinski definition) is 1. The number of aliphatic hydroxyl groups excluding tert-OH is 1. The molecule has 51 heavy (non-hydrogen) atoms. The van der Waals surface area contributed by atoms with Gasteiger partial charge in [0.25, 0.3) is 0 Å². The first-order chi connectivity index (χ1) is 25.0. The fraction of sp³-hybridized carbons (Fsp3) is 0.956. The van der Waals surface area contributed by atoms with Crippen molar-refractivity contribution >= 4 is 11.9 Å². The summed E-state index contributed by atoms with van der Waals surface area (Å²) in [4.78, 5) is 27.3. The molecular weight excluding hydrogens is 634 g/mol. The van der Waals surface area contributed by atoms with E-state index in [1.54, 1.807) is 0 Å². The van der Waals surface area contributed by atoms with Crippen molar-refractivity contribution in [3.63, 3.8) is 0 Å². The van der Waals surface area contributed by atoms with Gasteiger partial charge in [0, 0.05) is 19.4 Å². The lowest BCUT2D eigenvalue weighted by Gasteiger charge is -2.21. The molecule has 1 saturated carbocycles. The quantitative estimate of drug-likeness (QED) is 0.0501. The third-order valence-corrected chi connectivity index (χ3v) is 11.0. The summed E-state index contributed by atoms with van der Waals surface area (Å²) in [5.74, 6) is 0.653. The maximum Gasteiger partial charge on any atom is 0.306 e. The van der Waals surface area contributed by atoms with Crippen molar-refractivity contribution in [2.45, 2.75) is 245 Å². The lowest BCUT2D eigenvalue weighted by atomic mass is 10.0. The van der Waals surface area contributed by atoms with Crippen LogP contribution in [-0.4, -0.2) is 60.4 Å². The summed E-state index contributed by atoms with van der Waals surface area (Å²) in [5, 5.41) is 9.56. The van der Waals surface area contributed by atoms with Gasteiger partial charge in [-0.1, -0.05) is 156 Å². The molecule has 0 bridgehead atoms. The Balaban J connectivity index is 2.07. The van der Waals surface area contributed by atoms with Crippen LogP contribution in [0.15, 0.2) is 0 Å². The minimum atomic E-state index is 0.00813. The van der Waals surface area contributed by atoms with E-state index in [4.69, 9.17) is 9.47 Å². The molecule has 0 aliphatic heterocycles. The lowest BCUT2D eigenvalue weighted by molar-refractivity contribution is -0.150. The van der Waals surface area contributed by atoms with Crippen LogP contribution in [0.1, 0.15) is 233 Å². The second-order valence-corrected chi connectivity index (χ2v) is 16.1. The average Bonchev–Trinajstić information content (AvgIpc) is 3.86. The number of unbranched alkanes of at least 4 members (excludes halogenated alkanes) is 22. The van der Waals surface area contributed by atoms with Crippen molar-refractivity contribution in [2.24, 2.45) is 5.92 Å². The van der Waals surface area contributed by atoms with Crippen molar-refractivity contribution < 1.29 is 24.2 Å². The standard InChI is InChI=1S/C45H87NO5/c1-4-7-10-13-18-25-32-42(33-26-19-14-11-8-5-2)50-44(48)34-27-20-15-22-29-36-46(38-39-47)37-30-23-16-21-28-35-45(49)51-43-40-41(43)31-24-17-12-9-6-3/h41-43,47H,4-40H2,1-3H3. The van der Waals surface area contributed by atoms with Crippen LogP contribution in [0.3, 0.4) is 0 Å². The Bertz CT molecular complexity index is 760. The summed E-state index contributed by atoms with van der Waals surface area (Å²) in [6.45, 7) is 9.80. The van der Waals surface area contributed by atoms with E-state index in [1.807, 2.05) is 0 Å². The number of nitrogens with zero attached hydrogens (tertiary/aromatic N) is 1. The molecule has 0 aromatic carbocycles. The molecule has 1 fully saturated rings. The van der Waals surface area contributed by atoms with Gasteiger partial charge in [-0.25, -0.2) is 0 Å². The molecule has 0 heterocycles. The van der Waals surface area contributed by atoms with Crippen LogP contribution in [0.4, 0.5) is 0 Å². The van der Waals surface area contributed by atoms with Gasteiger partial charge in [-0.2, -0.15) is 0 Å². The zero-order chi connectivity index (χ0) is 37.0. The molecule has 6 nitrogen and oxygen atoms in total. The molecule has 302 valence electrons. The molecule has 0 radical (unpaired) electrons. The summed E-state index contributed by atoms with van der Waals surface area (Å²) in [5.41, 5.74) is 0. The molecule has 0 spiro atoms. The number of ether oxygens (including phenoxy) is 2. The summed E-state index contributed by atoms with van der Waals surface area (Å²) >= 11 is 0. The third-order valence-electron chi connectivity index (χ3n) is 11.0. The van der Waals surface area contributed by atoms with Crippen molar-refractivity contribution in [1.29, 1.82) is 0 Å². The van der Waals surface area contributed by atoms with Gasteiger partial charge in [0.15, 0.2) is 0 Å². The molecule has 0 aromatic heterocycles. The lowest BCUT2D eigenvalue weighted by Crippen LogP contribution is -2.29. The van der Waals surface area contributed by atoms with Crippen LogP contribution in [0.2, 0.25) is 0 Å². The Labute approximate surface area is 317 Å². The predicted molar refractivity (Wildman–Crippen MR) is 216 cm³/mol. The highest BCUT2D eigenvalue weighted by molar-refractivity contribution is 5.70. The zero-order valence-corrected chi connectivity index (χ0v) is 34.4. The molecule has 0 amide bonds. The van der Waals surface area contributed by atoms with Crippen LogP contribution >= 0.6 is 0 Å². The number of carbonyl (C=O) groups is 2. The number of esters is 2. The molecule has 6 heteroatoms. The average molecular weight is 722 g/mol. The topological polar surface area (TPSA) is 76.1 Å². The molecular formula is C45H87NO5. The Morgan fingerprint density at radius 2 is 0.980 bits per heavy atom. The van der Waals surface area contributed by atoms with E-state index in [-0.39, 0.29) is 30.8 Å². The number of aliphatic hydroxyl groups is 1. The molecule has 1 aliphatic rings. The first-order valence-corrected chi connectivity index (χ1v) is 22.8. The van der Waals surface area contributed by atoms with Crippen molar-refractivity contribution in [3.8, 4) is 0 Å². The minimum absolute atomic E-state index is 0.00813. The smallest absolute Gasteiger partial charge is 0.306 e. The highest BCUT2D eigenvalue weighted by Gasteiger charge is 2.39. The van der Waals surface area contributed by atoms with E-state index < -0.39 is 0 Å². The van der Waals surface area contributed by atoms with Gasteiger partial charge in [0.1, 0.15) is 12.2 Å². The van der Waals surface area contributed by atoms with E-state index in [2.05, 4.69) is 25.7 Å². The fourth-order valence-electron chi connectivity index (χ4n) is 7.46. The largest absolute Gasteiger partial charge is 0.462 e.